The maximum absolute atomic E-state index is 8.94. The van der Waals surface area contributed by atoms with Gasteiger partial charge >= 0.3 is 0 Å². The van der Waals surface area contributed by atoms with E-state index in [1.165, 1.54) is 0 Å². The van der Waals surface area contributed by atoms with Crippen molar-refractivity contribution >= 4 is 0 Å². The van der Waals surface area contributed by atoms with Crippen molar-refractivity contribution < 1.29 is 5.11 Å². The van der Waals surface area contributed by atoms with Crippen LogP contribution in [0, 0.1) is 5.53 Å². The molecule has 0 aromatic heterocycles. The molecule has 0 radical (unpaired) electrons. The largest absolute Gasteiger partial charge is 0.391 e. The van der Waals surface area contributed by atoms with Crippen molar-refractivity contribution in [3.8, 4) is 0 Å². The van der Waals surface area contributed by atoms with E-state index < -0.39 is 6.10 Å². The fraction of sp³-hybridized carbons (Fsp3) is 1.00. The van der Waals surface area contributed by atoms with Crippen molar-refractivity contribution in [2.45, 2.75) is 32.4 Å². The van der Waals surface area contributed by atoms with Gasteiger partial charge in [0.25, 0.3) is 0 Å². The predicted molar refractivity (Wildman–Crippen MR) is 34.0 cm³/mol. The molecule has 0 bridgehead atoms. The summed E-state index contributed by atoms with van der Waals surface area (Å²) in [6, 6.07) is -0.0810. The Labute approximate surface area is 54.8 Å². The Morgan fingerprint density at radius 2 is 2.33 bits per heavy atom. The van der Waals surface area contributed by atoms with Crippen LogP contribution in [0.3, 0.4) is 0 Å². The molecule has 9 heavy (non-hydrogen) atoms. The predicted octanol–water partition coefficient (Wildman–Crippen LogP) is 0.681. The summed E-state index contributed by atoms with van der Waals surface area (Å²) in [5.41, 5.74) is 8.91. The van der Waals surface area contributed by atoms with Gasteiger partial charge in [0.2, 0.25) is 0 Å². The van der Waals surface area contributed by atoms with Crippen LogP contribution in [0.5, 0.6) is 0 Å². The average Bonchev–Trinajstić information content (AvgIpc) is 1.82. The molecule has 0 aliphatic rings. The molecule has 0 rings (SSSR count). The van der Waals surface area contributed by atoms with Crippen LogP contribution in [0.4, 0.5) is 0 Å². The molecule has 0 aliphatic carbocycles. The molecule has 0 heterocycles. The fourth-order valence-electron chi connectivity index (χ4n) is 0.623. The monoisotopic (exact) mass is 131 g/mol. The van der Waals surface area contributed by atoms with Crippen molar-refractivity contribution in [1.82, 2.24) is 5.43 Å². The lowest BCUT2D eigenvalue weighted by atomic mass is 10.1. The number of nitrogens with one attached hydrogen (secondary N) is 2. The third-order valence-electron chi connectivity index (χ3n) is 1.25. The van der Waals surface area contributed by atoms with E-state index >= 15 is 0 Å². The highest BCUT2D eigenvalue weighted by Gasteiger charge is 2.09. The van der Waals surface area contributed by atoms with Crippen LogP contribution in [-0.4, -0.2) is 17.3 Å². The molecule has 54 valence electrons. The summed E-state index contributed by atoms with van der Waals surface area (Å²) < 4.78 is 0. The molecule has 0 amide bonds. The summed E-state index contributed by atoms with van der Waals surface area (Å²) in [5.74, 6) is 0. The van der Waals surface area contributed by atoms with E-state index in [4.69, 9.17) is 10.6 Å². The van der Waals surface area contributed by atoms with Gasteiger partial charge in [-0.25, -0.2) is 0 Å². The second-order valence-electron chi connectivity index (χ2n) is 2.00. The molecule has 0 saturated heterocycles. The van der Waals surface area contributed by atoms with Crippen molar-refractivity contribution in [3.05, 3.63) is 0 Å². The molecule has 4 nitrogen and oxygen atoms in total. The number of aliphatic hydroxyl groups excluding tert-OH is 1. The van der Waals surface area contributed by atoms with Crippen molar-refractivity contribution in [2.75, 3.05) is 0 Å². The zero-order chi connectivity index (χ0) is 7.28. The molecule has 2 atom stereocenters. The Kier molecular flexibility index (Phi) is 3.96. The Morgan fingerprint density at radius 3 is 2.44 bits per heavy atom. The number of hydrogen-bond donors (Lipinski definition) is 3. The quantitative estimate of drug-likeness (QED) is 0.388. The molecule has 0 aromatic rings. The van der Waals surface area contributed by atoms with Crippen LogP contribution in [0.25, 0.3) is 0 Å². The lowest BCUT2D eigenvalue weighted by Gasteiger charge is -2.15. The number of nitrogens with zero attached hydrogens (tertiary/aromatic N) is 1. The van der Waals surface area contributed by atoms with Crippen molar-refractivity contribution in [3.63, 3.8) is 0 Å². The van der Waals surface area contributed by atoms with E-state index in [-0.39, 0.29) is 6.04 Å². The summed E-state index contributed by atoms with van der Waals surface area (Å²) in [6.07, 6.45) is 0.337. The van der Waals surface area contributed by atoms with E-state index in [0.717, 1.165) is 6.42 Å². The average molecular weight is 131 g/mol. The second kappa shape index (κ2) is 4.26. The summed E-state index contributed by atoms with van der Waals surface area (Å²) >= 11 is 0. The van der Waals surface area contributed by atoms with Gasteiger partial charge < -0.3 is 5.11 Å². The Hall–Kier alpha value is -0.640. The van der Waals surface area contributed by atoms with Gasteiger partial charge in [-0.15, -0.1) is 0 Å². The molecular weight excluding hydrogens is 118 g/mol. The second-order valence-corrected chi connectivity index (χ2v) is 2.00. The minimum atomic E-state index is -0.441. The molecule has 0 saturated carbocycles. The first-order chi connectivity index (χ1) is 4.22. The van der Waals surface area contributed by atoms with E-state index in [9.17, 15) is 0 Å². The molecule has 0 aliphatic heterocycles. The third-order valence-corrected chi connectivity index (χ3v) is 1.25. The minimum Gasteiger partial charge on any atom is -0.391 e. The lowest BCUT2D eigenvalue weighted by molar-refractivity contribution is 0.141. The first kappa shape index (κ1) is 8.36. The molecule has 0 aromatic carbocycles. The van der Waals surface area contributed by atoms with Crippen molar-refractivity contribution in [2.24, 2.45) is 5.22 Å². The highest BCUT2D eigenvalue weighted by molar-refractivity contribution is 4.66. The van der Waals surface area contributed by atoms with Crippen LogP contribution in [0.1, 0.15) is 20.3 Å². The van der Waals surface area contributed by atoms with Crippen LogP contribution >= 0.6 is 0 Å². The van der Waals surface area contributed by atoms with Gasteiger partial charge in [0.05, 0.1) is 12.1 Å². The highest BCUT2D eigenvalue weighted by Crippen LogP contribution is 1.96. The number of hydrogen-bond acceptors (Lipinski definition) is 3. The molecule has 4 heteroatoms. The van der Waals surface area contributed by atoms with Gasteiger partial charge in [-0.1, -0.05) is 12.1 Å². The van der Waals surface area contributed by atoms with Gasteiger partial charge in [-0.2, -0.15) is 5.53 Å². The lowest BCUT2D eigenvalue weighted by Crippen LogP contribution is -2.33. The molecule has 0 fully saturated rings. The van der Waals surface area contributed by atoms with Crippen LogP contribution in [0.15, 0.2) is 5.22 Å². The first-order valence-electron chi connectivity index (χ1n) is 3.02. The highest BCUT2D eigenvalue weighted by atomic mass is 16.3. The van der Waals surface area contributed by atoms with E-state index in [2.05, 4.69) is 10.6 Å². The minimum absolute atomic E-state index is 0.0810. The first-order valence-corrected chi connectivity index (χ1v) is 3.02. The van der Waals surface area contributed by atoms with E-state index in [0.29, 0.717) is 0 Å². The van der Waals surface area contributed by atoms with Gasteiger partial charge in [0.1, 0.15) is 0 Å². The van der Waals surface area contributed by atoms with Crippen LogP contribution in [-0.2, 0) is 0 Å². The Balaban J connectivity index is 3.53. The SMILES string of the molecule is CC[C@H](NN=N)[C@H](C)O. The summed E-state index contributed by atoms with van der Waals surface area (Å²) in [7, 11) is 0. The number of rotatable bonds is 4. The van der Waals surface area contributed by atoms with Crippen LogP contribution < -0.4 is 5.43 Å². The summed E-state index contributed by atoms with van der Waals surface area (Å²) in [6.45, 7) is 3.60. The normalized spacial score (nSPS) is 16.3. The Morgan fingerprint density at radius 1 is 1.78 bits per heavy atom. The maximum Gasteiger partial charge on any atom is 0.0729 e. The summed E-state index contributed by atoms with van der Waals surface area (Å²) in [4.78, 5) is 0. The smallest absolute Gasteiger partial charge is 0.0729 e. The zero-order valence-corrected chi connectivity index (χ0v) is 5.76. The molecular formula is C5H13N3O. The Bertz CT molecular complexity index is 84.3. The molecule has 3 N–H and O–H groups in total. The summed E-state index contributed by atoms with van der Waals surface area (Å²) in [5, 5.41) is 11.9. The van der Waals surface area contributed by atoms with E-state index in [1.54, 1.807) is 6.92 Å². The van der Waals surface area contributed by atoms with E-state index in [1.807, 2.05) is 6.92 Å². The maximum atomic E-state index is 8.94. The fourth-order valence-corrected chi connectivity index (χ4v) is 0.623. The van der Waals surface area contributed by atoms with Gasteiger partial charge in [-0.05, 0) is 13.3 Å². The van der Waals surface area contributed by atoms with Gasteiger partial charge in [-0.3, -0.25) is 5.43 Å². The van der Waals surface area contributed by atoms with Gasteiger partial charge in [0, 0.05) is 0 Å². The third kappa shape index (κ3) is 3.03. The molecule has 0 spiro atoms. The zero-order valence-electron chi connectivity index (χ0n) is 5.76. The topological polar surface area (TPSA) is 68.5 Å². The molecule has 0 unspecified atom stereocenters. The van der Waals surface area contributed by atoms with Crippen LogP contribution in [0.2, 0.25) is 0 Å². The van der Waals surface area contributed by atoms with Gasteiger partial charge in [0.15, 0.2) is 0 Å². The standard InChI is InChI=1S/C5H13N3O/c1-3-5(4(2)9)7-8-6/h4-5,9H,3H2,1-2H3,(H2,6,7)/t4-,5-/m0/s1. The van der Waals surface area contributed by atoms with Crippen molar-refractivity contribution in [1.29, 1.82) is 5.53 Å². The number of aliphatic hydroxyl groups is 1.